The molecule has 0 radical (unpaired) electrons. The molecule has 2 heteroatoms. The largest absolute Gasteiger partial charge is 0.340 e. The molecule has 2 heterocycles. The van der Waals surface area contributed by atoms with Crippen LogP contribution in [0.3, 0.4) is 0 Å². The zero-order valence-electron chi connectivity index (χ0n) is 28.2. The first-order valence-electron chi connectivity index (χ1n) is 17.9. The van der Waals surface area contributed by atoms with Crippen molar-refractivity contribution in [1.29, 1.82) is 0 Å². The first kappa shape index (κ1) is 29.5. The van der Waals surface area contributed by atoms with Gasteiger partial charge >= 0.3 is 0 Å². The summed E-state index contributed by atoms with van der Waals surface area (Å²) in [5.41, 5.74) is 15.5. The van der Waals surface area contributed by atoms with Crippen molar-refractivity contribution in [3.8, 4) is 22.3 Å². The Kier molecular flexibility index (Phi) is 6.89. The van der Waals surface area contributed by atoms with Crippen LogP contribution in [0.25, 0.3) is 22.3 Å². The van der Waals surface area contributed by atoms with E-state index < -0.39 is 5.41 Å². The van der Waals surface area contributed by atoms with E-state index in [1.54, 1.807) is 0 Å². The summed E-state index contributed by atoms with van der Waals surface area (Å²) in [6.07, 6.45) is 9.00. The summed E-state index contributed by atoms with van der Waals surface area (Å²) in [4.78, 5) is 5.04. The first-order valence-corrected chi connectivity index (χ1v) is 17.9. The highest BCUT2D eigenvalue weighted by Crippen LogP contribution is 2.63. The van der Waals surface area contributed by atoms with Crippen molar-refractivity contribution in [2.75, 3.05) is 16.3 Å². The van der Waals surface area contributed by atoms with Gasteiger partial charge in [-0.2, -0.15) is 0 Å². The van der Waals surface area contributed by atoms with Crippen LogP contribution in [0.5, 0.6) is 0 Å². The van der Waals surface area contributed by atoms with Crippen LogP contribution in [0, 0.1) is 5.92 Å². The molecule has 242 valence electrons. The van der Waals surface area contributed by atoms with Gasteiger partial charge in [-0.15, -0.1) is 0 Å². The quantitative estimate of drug-likeness (QED) is 0.183. The van der Waals surface area contributed by atoms with E-state index in [9.17, 15) is 0 Å². The highest BCUT2D eigenvalue weighted by Gasteiger charge is 2.52. The maximum Gasteiger partial charge on any atom is 0.0783 e. The monoisotopic (exact) mass is 652 g/mol. The third kappa shape index (κ3) is 4.57. The average Bonchev–Trinajstić information content (AvgIpc) is 3.73. The Morgan fingerprint density at radius 1 is 0.392 bits per heavy atom. The molecule has 7 aromatic rings. The van der Waals surface area contributed by atoms with E-state index in [4.69, 9.17) is 0 Å². The van der Waals surface area contributed by atoms with Crippen molar-refractivity contribution in [2.45, 2.75) is 5.41 Å². The highest BCUT2D eigenvalue weighted by atomic mass is 15.2. The molecule has 0 saturated carbocycles. The summed E-state index contributed by atoms with van der Waals surface area (Å²) >= 11 is 0. The number of hydrogen-bond acceptors (Lipinski definition) is 2. The molecule has 2 nitrogen and oxygen atoms in total. The molecule has 0 bridgehead atoms. The fourth-order valence-electron chi connectivity index (χ4n) is 8.73. The Labute approximate surface area is 299 Å². The van der Waals surface area contributed by atoms with Crippen LogP contribution >= 0.6 is 0 Å². The summed E-state index contributed by atoms with van der Waals surface area (Å²) in [5, 5.41) is 0. The Morgan fingerprint density at radius 2 is 0.843 bits per heavy atom. The third-order valence-electron chi connectivity index (χ3n) is 10.9. The Bertz CT molecular complexity index is 2450. The molecule has 51 heavy (non-hydrogen) atoms. The lowest BCUT2D eigenvalue weighted by Gasteiger charge is -2.51. The molecule has 1 aliphatic carbocycles. The molecule has 0 saturated heterocycles. The smallest absolute Gasteiger partial charge is 0.0783 e. The second-order valence-electron chi connectivity index (χ2n) is 13.7. The van der Waals surface area contributed by atoms with Gasteiger partial charge in [0, 0.05) is 29.5 Å². The van der Waals surface area contributed by atoms with E-state index >= 15 is 0 Å². The van der Waals surface area contributed by atoms with Crippen molar-refractivity contribution in [2.24, 2.45) is 5.92 Å². The lowest BCUT2D eigenvalue weighted by atomic mass is 9.59. The molecule has 1 atom stereocenters. The number of rotatable bonds is 5. The second kappa shape index (κ2) is 11.9. The molecular formula is C49H36N2. The van der Waals surface area contributed by atoms with Crippen molar-refractivity contribution in [1.82, 2.24) is 0 Å². The number of benzene rings is 7. The topological polar surface area (TPSA) is 6.48 Å². The van der Waals surface area contributed by atoms with E-state index in [2.05, 4.69) is 210 Å². The number of allylic oxidation sites excluding steroid dienone is 2. The fourth-order valence-corrected chi connectivity index (χ4v) is 8.73. The maximum atomic E-state index is 2.57. The zero-order valence-corrected chi connectivity index (χ0v) is 28.2. The zero-order chi connectivity index (χ0) is 33.8. The van der Waals surface area contributed by atoms with Crippen LogP contribution in [0.2, 0.25) is 0 Å². The van der Waals surface area contributed by atoms with Gasteiger partial charge in [0.15, 0.2) is 0 Å². The third-order valence-corrected chi connectivity index (χ3v) is 10.9. The van der Waals surface area contributed by atoms with Gasteiger partial charge < -0.3 is 9.80 Å². The highest BCUT2D eigenvalue weighted by molar-refractivity contribution is 5.96. The van der Waals surface area contributed by atoms with Gasteiger partial charge in [-0.1, -0.05) is 152 Å². The normalized spacial score (nSPS) is 16.9. The summed E-state index contributed by atoms with van der Waals surface area (Å²) < 4.78 is 0. The first-order chi connectivity index (χ1) is 25.3. The molecule has 0 fully saturated rings. The predicted octanol–water partition coefficient (Wildman–Crippen LogP) is 12.4. The minimum atomic E-state index is -0.601. The molecule has 10 rings (SSSR count). The van der Waals surface area contributed by atoms with Gasteiger partial charge in [0.25, 0.3) is 0 Å². The van der Waals surface area contributed by atoms with E-state index in [0.717, 1.165) is 12.2 Å². The lowest BCUT2D eigenvalue weighted by Crippen LogP contribution is -2.43. The summed E-state index contributed by atoms with van der Waals surface area (Å²) in [5.74, 6) is 0.331. The van der Waals surface area contributed by atoms with Crippen molar-refractivity contribution >= 4 is 28.4 Å². The molecule has 1 unspecified atom stereocenters. The van der Waals surface area contributed by atoms with Crippen molar-refractivity contribution in [3.05, 3.63) is 222 Å². The number of nitrogens with zero attached hydrogens (tertiary/aromatic N) is 2. The fraction of sp³-hybridized carbons (Fsp3) is 0.0612. The van der Waals surface area contributed by atoms with Crippen LogP contribution in [-0.2, 0) is 5.41 Å². The average molecular weight is 653 g/mol. The predicted molar refractivity (Wildman–Crippen MR) is 213 cm³/mol. The molecular weight excluding hydrogens is 617 g/mol. The number of fused-ring (bicyclic) bond motifs is 8. The van der Waals surface area contributed by atoms with Crippen molar-refractivity contribution in [3.63, 3.8) is 0 Å². The van der Waals surface area contributed by atoms with Gasteiger partial charge in [-0.05, 0) is 93.0 Å². The van der Waals surface area contributed by atoms with Crippen LogP contribution in [-0.4, -0.2) is 6.54 Å². The van der Waals surface area contributed by atoms with Gasteiger partial charge in [0.05, 0.1) is 16.8 Å². The van der Waals surface area contributed by atoms with Crippen molar-refractivity contribution < 1.29 is 0 Å². The maximum absolute atomic E-state index is 2.57. The van der Waals surface area contributed by atoms with Crippen LogP contribution in [0.15, 0.2) is 200 Å². The standard InChI is InChI=1S/C49H36N2/c1-4-18-36(19-5-1)38-28-30-46-43(32-38)49(41-24-12-14-26-45(41)50(46)34-35-16-10-11-17-35)42-25-13-15-27-47(42)51(40-22-8-3-9-23-40)48-31-29-39(33-44(48)49)37-20-6-2-7-21-37/h1-33,35H,34H2. The molecule has 0 aromatic heterocycles. The van der Waals surface area contributed by atoms with Crippen LogP contribution < -0.4 is 9.80 Å². The molecule has 0 amide bonds. The minimum absolute atomic E-state index is 0.331. The molecule has 7 aromatic carbocycles. The molecule has 0 N–H and O–H groups in total. The van der Waals surface area contributed by atoms with Gasteiger partial charge in [-0.25, -0.2) is 0 Å². The summed E-state index contributed by atoms with van der Waals surface area (Å²) in [6.45, 7) is 0.868. The Morgan fingerprint density at radius 3 is 1.47 bits per heavy atom. The Balaban J connectivity index is 1.35. The SMILES string of the molecule is C1=CC(CN2c3ccccc3C3(c4cc(-c5ccccc5)ccc42)c2ccccc2N(c2ccccc2)c2ccc(-c4ccccc4)cc23)C=C1. The van der Waals surface area contributed by atoms with Gasteiger partial charge in [-0.3, -0.25) is 0 Å². The van der Waals surface area contributed by atoms with E-state index in [1.807, 2.05) is 0 Å². The summed E-state index contributed by atoms with van der Waals surface area (Å²) in [7, 11) is 0. The molecule has 3 aliphatic rings. The number of hydrogen-bond donors (Lipinski definition) is 0. The second-order valence-corrected chi connectivity index (χ2v) is 13.7. The van der Waals surface area contributed by atoms with E-state index in [1.165, 1.54) is 67.3 Å². The molecule has 2 aliphatic heterocycles. The number of para-hydroxylation sites is 3. The van der Waals surface area contributed by atoms with Crippen LogP contribution in [0.1, 0.15) is 22.3 Å². The minimum Gasteiger partial charge on any atom is -0.340 e. The van der Waals surface area contributed by atoms with Gasteiger partial charge in [0.2, 0.25) is 0 Å². The van der Waals surface area contributed by atoms with Gasteiger partial charge in [0.1, 0.15) is 0 Å². The van der Waals surface area contributed by atoms with E-state index in [0.29, 0.717) is 5.92 Å². The van der Waals surface area contributed by atoms with Crippen LogP contribution in [0.4, 0.5) is 28.4 Å². The Hall–Kier alpha value is -6.38. The molecule has 1 spiro atoms. The lowest BCUT2D eigenvalue weighted by molar-refractivity contribution is 0.692. The summed E-state index contributed by atoms with van der Waals surface area (Å²) in [6, 6.07) is 65.0. The number of anilines is 5. The van der Waals surface area contributed by atoms with E-state index in [-0.39, 0.29) is 0 Å².